The van der Waals surface area contributed by atoms with Crippen molar-refractivity contribution in [3.8, 4) is 5.69 Å². The molecular weight excluding hydrogens is 326 g/mol. The van der Waals surface area contributed by atoms with Gasteiger partial charge in [-0.15, -0.1) is 0 Å². The van der Waals surface area contributed by atoms with Crippen molar-refractivity contribution >= 4 is 32.5 Å². The van der Waals surface area contributed by atoms with E-state index in [-0.39, 0.29) is 5.78 Å². The number of Topliss-reactive ketones (excluding diaryl/α,β-unsaturated/α-hetero) is 1. The molecule has 4 rings (SSSR count). The van der Waals surface area contributed by atoms with Gasteiger partial charge in [0.2, 0.25) is 0 Å². The monoisotopic (exact) mass is 339 g/mol. The van der Waals surface area contributed by atoms with Crippen LogP contribution >= 0.6 is 15.9 Å². The zero-order chi connectivity index (χ0) is 14.4. The summed E-state index contributed by atoms with van der Waals surface area (Å²) in [6.45, 7) is 0. The van der Waals surface area contributed by atoms with E-state index in [1.807, 2.05) is 18.3 Å². The van der Waals surface area contributed by atoms with Crippen molar-refractivity contribution in [3.63, 3.8) is 0 Å². The first-order chi connectivity index (χ1) is 10.3. The molecule has 1 aliphatic rings. The summed E-state index contributed by atoms with van der Waals surface area (Å²) in [6, 6.07) is 14.5. The molecule has 0 fully saturated rings. The third kappa shape index (κ3) is 1.95. The van der Waals surface area contributed by atoms with Crippen LogP contribution in [0.2, 0.25) is 0 Å². The number of rotatable bonds is 1. The Hall–Kier alpha value is -1.87. The fourth-order valence-electron chi connectivity index (χ4n) is 3.21. The van der Waals surface area contributed by atoms with Crippen LogP contribution in [0.15, 0.2) is 53.1 Å². The van der Waals surface area contributed by atoms with Crippen molar-refractivity contribution in [2.75, 3.05) is 0 Å². The smallest absolute Gasteiger partial charge is 0.164 e. The molecule has 104 valence electrons. The van der Waals surface area contributed by atoms with Crippen LogP contribution in [0.4, 0.5) is 0 Å². The van der Waals surface area contributed by atoms with E-state index >= 15 is 0 Å². The zero-order valence-electron chi connectivity index (χ0n) is 11.5. The number of aromatic nitrogens is 1. The van der Waals surface area contributed by atoms with Gasteiger partial charge in [-0.25, -0.2) is 0 Å². The number of hydrogen-bond donors (Lipinski definition) is 0. The van der Waals surface area contributed by atoms with Gasteiger partial charge in [-0.3, -0.25) is 4.79 Å². The van der Waals surface area contributed by atoms with E-state index in [9.17, 15) is 4.79 Å². The average molecular weight is 340 g/mol. The minimum absolute atomic E-state index is 0.274. The van der Waals surface area contributed by atoms with Crippen molar-refractivity contribution in [2.24, 2.45) is 0 Å². The Bertz CT molecular complexity index is 863. The first-order valence-corrected chi connectivity index (χ1v) is 7.96. The molecule has 3 heteroatoms. The number of benzene rings is 2. The molecule has 3 aromatic rings. The molecule has 1 aromatic heterocycles. The van der Waals surface area contributed by atoms with Crippen LogP contribution in [0.5, 0.6) is 0 Å². The summed E-state index contributed by atoms with van der Waals surface area (Å²) >= 11 is 3.62. The van der Waals surface area contributed by atoms with Gasteiger partial charge in [-0.2, -0.15) is 0 Å². The molecule has 0 saturated carbocycles. The van der Waals surface area contributed by atoms with Crippen molar-refractivity contribution in [1.82, 2.24) is 4.57 Å². The predicted molar refractivity (Wildman–Crippen MR) is 88.2 cm³/mol. The molecule has 0 amide bonds. The van der Waals surface area contributed by atoms with Gasteiger partial charge in [0.25, 0.3) is 0 Å². The lowest BCUT2D eigenvalue weighted by Crippen LogP contribution is -2.12. The van der Waals surface area contributed by atoms with Gasteiger partial charge in [0.1, 0.15) is 0 Å². The second-order valence-corrected chi connectivity index (χ2v) is 6.29. The van der Waals surface area contributed by atoms with Crippen molar-refractivity contribution < 1.29 is 4.79 Å². The summed E-state index contributed by atoms with van der Waals surface area (Å²) in [6.07, 6.45) is 4.63. The van der Waals surface area contributed by atoms with Gasteiger partial charge >= 0.3 is 0 Å². The van der Waals surface area contributed by atoms with E-state index in [4.69, 9.17) is 0 Å². The molecule has 1 aliphatic carbocycles. The van der Waals surface area contributed by atoms with Gasteiger partial charge in [0.15, 0.2) is 5.78 Å². The van der Waals surface area contributed by atoms with Crippen LogP contribution in [0.1, 0.15) is 28.9 Å². The van der Waals surface area contributed by atoms with Crippen LogP contribution in [0, 0.1) is 0 Å². The van der Waals surface area contributed by atoms with E-state index in [2.05, 4.69) is 50.8 Å². The van der Waals surface area contributed by atoms with Crippen LogP contribution in [-0.4, -0.2) is 10.4 Å². The standard InChI is InChI=1S/C18H14BrNO/c19-15-8-9-17(13-5-2-1-4-12(13)15)20-11-10-14-16(20)6-3-7-18(14)21/h1-2,4-5,8-11H,3,6-7H2. The lowest BCUT2D eigenvalue weighted by atomic mass is 9.96. The zero-order valence-corrected chi connectivity index (χ0v) is 13.1. The highest BCUT2D eigenvalue weighted by Gasteiger charge is 2.21. The van der Waals surface area contributed by atoms with Crippen molar-refractivity contribution in [2.45, 2.75) is 19.3 Å². The highest BCUT2D eigenvalue weighted by atomic mass is 79.9. The van der Waals surface area contributed by atoms with Gasteiger partial charge in [-0.05, 0) is 36.4 Å². The third-order valence-electron chi connectivity index (χ3n) is 4.22. The minimum atomic E-state index is 0.274. The third-order valence-corrected chi connectivity index (χ3v) is 4.91. The molecule has 21 heavy (non-hydrogen) atoms. The topological polar surface area (TPSA) is 22.0 Å². The normalized spacial score (nSPS) is 14.4. The lowest BCUT2D eigenvalue weighted by molar-refractivity contribution is 0.0972. The van der Waals surface area contributed by atoms with Gasteiger partial charge < -0.3 is 4.57 Å². The fourth-order valence-corrected chi connectivity index (χ4v) is 3.69. The summed E-state index contributed by atoms with van der Waals surface area (Å²) in [7, 11) is 0. The van der Waals surface area contributed by atoms with E-state index < -0.39 is 0 Å². The Balaban J connectivity index is 2.00. The summed E-state index contributed by atoms with van der Waals surface area (Å²) < 4.78 is 3.28. The summed E-state index contributed by atoms with van der Waals surface area (Å²) in [5.74, 6) is 0.274. The second kappa shape index (κ2) is 4.85. The molecule has 0 atom stereocenters. The quantitative estimate of drug-likeness (QED) is 0.617. The largest absolute Gasteiger partial charge is 0.320 e. The summed E-state index contributed by atoms with van der Waals surface area (Å²) in [5.41, 5.74) is 3.19. The molecule has 0 bridgehead atoms. The Morgan fingerprint density at radius 1 is 0.952 bits per heavy atom. The number of hydrogen-bond acceptors (Lipinski definition) is 1. The molecule has 0 N–H and O–H groups in total. The fraction of sp³-hybridized carbons (Fsp3) is 0.167. The molecule has 0 radical (unpaired) electrons. The molecule has 0 saturated heterocycles. The maximum atomic E-state index is 12.0. The highest BCUT2D eigenvalue weighted by molar-refractivity contribution is 9.10. The van der Waals surface area contributed by atoms with Crippen LogP contribution < -0.4 is 0 Å². The molecule has 2 aromatic carbocycles. The van der Waals surface area contributed by atoms with Crippen LogP contribution in [0.3, 0.4) is 0 Å². The number of nitrogens with zero attached hydrogens (tertiary/aromatic N) is 1. The highest BCUT2D eigenvalue weighted by Crippen LogP contribution is 2.32. The summed E-state index contributed by atoms with van der Waals surface area (Å²) in [5, 5.41) is 2.39. The first kappa shape index (κ1) is 12.8. The number of fused-ring (bicyclic) bond motifs is 2. The molecule has 2 nitrogen and oxygen atoms in total. The molecular formula is C18H14BrNO. The van der Waals surface area contributed by atoms with E-state index in [1.54, 1.807) is 0 Å². The molecule has 0 aliphatic heterocycles. The van der Waals surface area contributed by atoms with E-state index in [0.717, 1.165) is 34.3 Å². The minimum Gasteiger partial charge on any atom is -0.320 e. The first-order valence-electron chi connectivity index (χ1n) is 7.17. The predicted octanol–water partition coefficient (Wildman–Crippen LogP) is 4.91. The van der Waals surface area contributed by atoms with E-state index in [1.165, 1.54) is 10.8 Å². The Labute approximate surface area is 131 Å². The number of halogens is 1. The van der Waals surface area contributed by atoms with Crippen LogP contribution in [-0.2, 0) is 6.42 Å². The number of carbonyl (C=O) groups excluding carboxylic acids is 1. The number of ketones is 1. The SMILES string of the molecule is O=C1CCCc2c1ccn2-c1ccc(Br)c2ccccc12. The van der Waals surface area contributed by atoms with Gasteiger partial charge in [0, 0.05) is 33.7 Å². The Kier molecular flexibility index (Phi) is 2.96. The van der Waals surface area contributed by atoms with Crippen LogP contribution in [0.25, 0.3) is 16.5 Å². The van der Waals surface area contributed by atoms with Crippen molar-refractivity contribution in [1.29, 1.82) is 0 Å². The van der Waals surface area contributed by atoms with E-state index in [0.29, 0.717) is 6.42 Å². The maximum absolute atomic E-state index is 12.0. The Morgan fingerprint density at radius 3 is 2.62 bits per heavy atom. The Morgan fingerprint density at radius 2 is 1.76 bits per heavy atom. The average Bonchev–Trinajstić information content (AvgIpc) is 2.93. The van der Waals surface area contributed by atoms with Crippen molar-refractivity contribution in [3.05, 3.63) is 64.4 Å². The maximum Gasteiger partial charge on any atom is 0.164 e. The lowest BCUT2D eigenvalue weighted by Gasteiger charge is -2.17. The molecule has 0 unspecified atom stereocenters. The van der Waals surface area contributed by atoms with Gasteiger partial charge in [0.05, 0.1) is 5.69 Å². The summed E-state index contributed by atoms with van der Waals surface area (Å²) in [4.78, 5) is 12.0. The molecule has 0 spiro atoms. The second-order valence-electron chi connectivity index (χ2n) is 5.43. The number of carbonyl (C=O) groups is 1. The molecule has 1 heterocycles. The van der Waals surface area contributed by atoms with Gasteiger partial charge in [-0.1, -0.05) is 40.2 Å².